The number of halogens is 1. The minimum absolute atomic E-state index is 0. The molecule has 0 aliphatic heterocycles. The van der Waals surface area contributed by atoms with Crippen molar-refractivity contribution in [1.29, 1.82) is 0 Å². The number of unbranched alkanes of at least 4 members (excludes halogenated alkanes) is 14. The summed E-state index contributed by atoms with van der Waals surface area (Å²) in [7, 11) is 0.302. The van der Waals surface area contributed by atoms with Crippen LogP contribution in [0.5, 0.6) is 0 Å². The van der Waals surface area contributed by atoms with E-state index in [0.717, 1.165) is 5.66 Å². The first kappa shape index (κ1) is 34.9. The molecule has 0 amide bonds. The van der Waals surface area contributed by atoms with Gasteiger partial charge < -0.3 is 17.0 Å². The van der Waals surface area contributed by atoms with Crippen molar-refractivity contribution in [2.24, 2.45) is 0 Å². The highest BCUT2D eigenvalue weighted by atomic mass is 79.9. The highest BCUT2D eigenvalue weighted by Crippen LogP contribution is 2.47. The molecular weight excluding hydrogens is 454 g/mol. The maximum Gasteiger partial charge on any atom is -0.0212 e. The molecular formula is C26H59BrP2. The summed E-state index contributed by atoms with van der Waals surface area (Å²) in [5, 5.41) is 0. The molecule has 0 N–H and O–H groups in total. The van der Waals surface area contributed by atoms with Gasteiger partial charge in [-0.25, -0.2) is 0 Å². The van der Waals surface area contributed by atoms with Crippen LogP contribution >= 0.6 is 17.8 Å². The van der Waals surface area contributed by atoms with Crippen molar-refractivity contribution in [2.45, 2.75) is 155 Å². The first-order valence-electron chi connectivity index (χ1n) is 13.0. The summed E-state index contributed by atoms with van der Waals surface area (Å²) in [6, 6.07) is 0. The standard InChI is InChI=1S/C26H55P.BrH.H3P/c1-5-9-12-15-18-21-24-27(25-22-19-16-13-10-6-2)26(8-4)23-20-17-14-11-7-3;;/h26H,5-25H2,1-4H3;1H;1H3. The fraction of sp³-hybridized carbons (Fsp3) is 1.00. The first-order valence-corrected chi connectivity index (χ1v) is 14.8. The van der Waals surface area contributed by atoms with Crippen molar-refractivity contribution in [2.75, 3.05) is 12.3 Å². The maximum atomic E-state index is 2.48. The van der Waals surface area contributed by atoms with Gasteiger partial charge in [-0.15, -0.1) is 7.92 Å². The molecule has 0 nitrogen and oxygen atoms in total. The summed E-state index contributed by atoms with van der Waals surface area (Å²) < 4.78 is 0. The molecule has 0 bridgehead atoms. The van der Waals surface area contributed by atoms with Crippen LogP contribution in [-0.2, 0) is 0 Å². The van der Waals surface area contributed by atoms with Crippen molar-refractivity contribution < 1.29 is 17.0 Å². The van der Waals surface area contributed by atoms with E-state index < -0.39 is 0 Å². The largest absolute Gasteiger partial charge is 1.00 e. The molecule has 0 rings (SSSR count). The summed E-state index contributed by atoms with van der Waals surface area (Å²) in [4.78, 5) is 0. The van der Waals surface area contributed by atoms with Gasteiger partial charge in [0.15, 0.2) is 0 Å². The van der Waals surface area contributed by atoms with Gasteiger partial charge >= 0.3 is 0 Å². The molecule has 3 heteroatoms. The van der Waals surface area contributed by atoms with E-state index in [0.29, 0.717) is 7.92 Å². The average molecular weight is 514 g/mol. The van der Waals surface area contributed by atoms with E-state index in [1.165, 1.54) is 122 Å². The smallest absolute Gasteiger partial charge is 0.0212 e. The molecule has 2 atom stereocenters. The van der Waals surface area contributed by atoms with Gasteiger partial charge in [-0.1, -0.05) is 124 Å². The Kier molecular flexibility index (Phi) is 35.4. The molecule has 0 saturated carbocycles. The van der Waals surface area contributed by atoms with Gasteiger partial charge in [-0.3, -0.25) is 0 Å². The minimum atomic E-state index is 0. The van der Waals surface area contributed by atoms with E-state index in [1.54, 1.807) is 12.3 Å². The van der Waals surface area contributed by atoms with Gasteiger partial charge in [0, 0.05) is 0 Å². The van der Waals surface area contributed by atoms with Crippen molar-refractivity contribution in [3.8, 4) is 0 Å². The monoisotopic (exact) mass is 512 g/mol. The van der Waals surface area contributed by atoms with Crippen LogP contribution < -0.4 is 17.0 Å². The predicted octanol–water partition coefficient (Wildman–Crippen LogP) is 7.12. The lowest BCUT2D eigenvalue weighted by Gasteiger charge is -2.27. The highest BCUT2D eigenvalue weighted by molar-refractivity contribution is 7.58. The molecule has 0 radical (unpaired) electrons. The summed E-state index contributed by atoms with van der Waals surface area (Å²) in [5.41, 5.74) is 1.08. The van der Waals surface area contributed by atoms with Gasteiger partial charge in [-0.05, 0) is 53.6 Å². The molecule has 2 unspecified atom stereocenters. The van der Waals surface area contributed by atoms with Crippen LogP contribution in [0.25, 0.3) is 0 Å². The number of rotatable bonds is 22. The molecule has 0 heterocycles. The van der Waals surface area contributed by atoms with Crippen LogP contribution in [0.3, 0.4) is 0 Å². The van der Waals surface area contributed by atoms with Gasteiger partial charge in [0.05, 0.1) is 0 Å². The second-order valence-electron chi connectivity index (χ2n) is 8.84. The molecule has 0 aliphatic rings. The van der Waals surface area contributed by atoms with Crippen molar-refractivity contribution in [3.63, 3.8) is 0 Å². The number of hydrogen-bond donors (Lipinski definition) is 0. The zero-order valence-electron chi connectivity index (χ0n) is 21.3. The maximum absolute atomic E-state index is 2.48. The van der Waals surface area contributed by atoms with Crippen LogP contribution in [0.1, 0.15) is 150 Å². The third-order valence-electron chi connectivity index (χ3n) is 6.23. The second-order valence-corrected chi connectivity index (χ2v) is 11.6. The molecule has 0 aromatic rings. The van der Waals surface area contributed by atoms with Gasteiger partial charge in [0.25, 0.3) is 0 Å². The zero-order valence-corrected chi connectivity index (χ0v) is 25.7. The van der Waals surface area contributed by atoms with Crippen LogP contribution in [0, 0.1) is 0 Å². The molecule has 0 saturated heterocycles. The third kappa shape index (κ3) is 23.8. The zero-order chi connectivity index (χ0) is 20.0. The quantitative estimate of drug-likeness (QED) is 0.107. The fourth-order valence-corrected chi connectivity index (χ4v) is 7.57. The van der Waals surface area contributed by atoms with Gasteiger partial charge in [-0.2, -0.15) is 0 Å². The SMILES string of the molecule is CCCCCCCCP(CCCCCCCC)C(CC)CCCCCCC.[Br-].[PH4+]. The second kappa shape index (κ2) is 29.3. The first-order chi connectivity index (χ1) is 13.3. The van der Waals surface area contributed by atoms with E-state index in [2.05, 4.69) is 27.7 Å². The molecule has 29 heavy (non-hydrogen) atoms. The topological polar surface area (TPSA) is 0 Å². The van der Waals surface area contributed by atoms with E-state index in [-0.39, 0.29) is 26.9 Å². The highest BCUT2D eigenvalue weighted by Gasteiger charge is 2.18. The Balaban J connectivity index is -0.00000338. The Morgan fingerprint density at radius 2 is 0.828 bits per heavy atom. The van der Waals surface area contributed by atoms with Crippen LogP contribution in [0.4, 0.5) is 0 Å². The normalized spacial score (nSPS) is 11.9. The molecule has 0 aliphatic carbocycles. The van der Waals surface area contributed by atoms with E-state index in [1.807, 2.05) is 0 Å². The Morgan fingerprint density at radius 3 is 1.21 bits per heavy atom. The number of hydrogen-bond acceptors (Lipinski definition) is 0. The molecule has 180 valence electrons. The molecule has 0 fully saturated rings. The summed E-state index contributed by atoms with van der Waals surface area (Å²) in [5.74, 6) is 0. The minimum Gasteiger partial charge on any atom is -1.00 e. The summed E-state index contributed by atoms with van der Waals surface area (Å²) >= 11 is 0. The lowest BCUT2D eigenvalue weighted by Crippen LogP contribution is -3.00. The van der Waals surface area contributed by atoms with Crippen molar-refractivity contribution >= 4 is 17.8 Å². The Bertz CT molecular complexity index is 257. The Labute approximate surface area is 202 Å². The van der Waals surface area contributed by atoms with E-state index in [4.69, 9.17) is 0 Å². The van der Waals surface area contributed by atoms with Crippen molar-refractivity contribution in [3.05, 3.63) is 0 Å². The van der Waals surface area contributed by atoms with E-state index in [9.17, 15) is 0 Å². The van der Waals surface area contributed by atoms with E-state index >= 15 is 0 Å². The van der Waals surface area contributed by atoms with Crippen LogP contribution in [0.15, 0.2) is 0 Å². The van der Waals surface area contributed by atoms with Gasteiger partial charge in [0.2, 0.25) is 0 Å². The fourth-order valence-electron chi connectivity index (χ4n) is 4.30. The lowest BCUT2D eigenvalue weighted by atomic mass is 10.1. The molecule has 0 aromatic heterocycles. The Hall–Kier alpha value is 1.34. The van der Waals surface area contributed by atoms with Crippen LogP contribution in [-0.4, -0.2) is 18.0 Å². The molecule has 0 spiro atoms. The van der Waals surface area contributed by atoms with Crippen LogP contribution in [0.2, 0.25) is 0 Å². The summed E-state index contributed by atoms with van der Waals surface area (Å²) in [6.45, 7) is 9.46. The van der Waals surface area contributed by atoms with Crippen molar-refractivity contribution in [1.82, 2.24) is 0 Å². The summed E-state index contributed by atoms with van der Waals surface area (Å²) in [6.07, 6.45) is 31.1. The van der Waals surface area contributed by atoms with Gasteiger partial charge in [0.1, 0.15) is 0 Å². The lowest BCUT2D eigenvalue weighted by molar-refractivity contribution is -0.00000627. The third-order valence-corrected chi connectivity index (χ3v) is 9.66. The predicted molar refractivity (Wildman–Crippen MR) is 143 cm³/mol. The average Bonchev–Trinajstić information content (AvgIpc) is 2.68. The molecule has 0 aromatic carbocycles. The Morgan fingerprint density at radius 1 is 0.483 bits per heavy atom.